The number of nitrogens with zero attached hydrogens (tertiary/aromatic N) is 2. The minimum atomic E-state index is -0.340. The Morgan fingerprint density at radius 3 is 2.26 bits per heavy atom. The van der Waals surface area contributed by atoms with Crippen LogP contribution >= 0.6 is 0 Å². The molecule has 1 heterocycles. The van der Waals surface area contributed by atoms with Crippen LogP contribution in [-0.4, -0.2) is 10.1 Å². The van der Waals surface area contributed by atoms with Gasteiger partial charge < -0.3 is 10.3 Å². The van der Waals surface area contributed by atoms with Crippen LogP contribution < -0.4 is 5.73 Å². The van der Waals surface area contributed by atoms with Crippen LogP contribution in [0, 0.1) is 0 Å². The predicted octanol–water partition coefficient (Wildman–Crippen LogP) is 3.63. The van der Waals surface area contributed by atoms with Crippen molar-refractivity contribution in [2.24, 2.45) is 5.73 Å². The largest absolute Gasteiger partial charge is 0.337 e. The van der Waals surface area contributed by atoms with E-state index in [2.05, 4.69) is 10.1 Å². The quantitative estimate of drug-likeness (QED) is 0.885. The fraction of sp³-hybridized carbons (Fsp3) is 0.867. The minimum Gasteiger partial charge on any atom is -0.337 e. The van der Waals surface area contributed by atoms with Crippen molar-refractivity contribution in [3.8, 4) is 0 Å². The first-order valence-electron chi connectivity index (χ1n) is 7.91. The van der Waals surface area contributed by atoms with Gasteiger partial charge in [-0.1, -0.05) is 50.1 Å². The van der Waals surface area contributed by atoms with E-state index in [-0.39, 0.29) is 5.54 Å². The van der Waals surface area contributed by atoms with Gasteiger partial charge in [0, 0.05) is 5.92 Å². The number of hydrogen-bond acceptors (Lipinski definition) is 4. The van der Waals surface area contributed by atoms with Crippen LogP contribution in [0.25, 0.3) is 0 Å². The molecule has 2 saturated carbocycles. The van der Waals surface area contributed by atoms with Gasteiger partial charge in [-0.2, -0.15) is 4.98 Å². The zero-order chi connectivity index (χ0) is 13.1. The fourth-order valence-corrected chi connectivity index (χ4v) is 3.54. The smallest absolute Gasteiger partial charge is 0.246 e. The van der Waals surface area contributed by atoms with E-state index in [4.69, 9.17) is 10.3 Å². The molecule has 2 aliphatic carbocycles. The number of nitrogens with two attached hydrogens (primary N) is 1. The van der Waals surface area contributed by atoms with Gasteiger partial charge in [-0.25, -0.2) is 0 Å². The number of rotatable bonds is 2. The van der Waals surface area contributed by atoms with E-state index in [0.717, 1.165) is 18.7 Å². The van der Waals surface area contributed by atoms with Gasteiger partial charge in [-0.15, -0.1) is 0 Å². The van der Waals surface area contributed by atoms with E-state index in [1.807, 2.05) is 0 Å². The van der Waals surface area contributed by atoms with E-state index in [1.165, 1.54) is 57.8 Å². The van der Waals surface area contributed by atoms with Crippen LogP contribution in [0.3, 0.4) is 0 Å². The van der Waals surface area contributed by atoms with Crippen molar-refractivity contribution in [2.75, 3.05) is 0 Å². The van der Waals surface area contributed by atoms with E-state index in [0.29, 0.717) is 11.8 Å². The summed E-state index contributed by atoms with van der Waals surface area (Å²) in [5.41, 5.74) is 6.04. The molecule has 4 nitrogen and oxygen atoms in total. The second kappa shape index (κ2) is 5.61. The van der Waals surface area contributed by atoms with Gasteiger partial charge in [-0.3, -0.25) is 0 Å². The Balaban J connectivity index is 1.72. The van der Waals surface area contributed by atoms with Crippen LogP contribution in [0.15, 0.2) is 4.52 Å². The lowest BCUT2D eigenvalue weighted by Gasteiger charge is -2.18. The average molecular weight is 263 g/mol. The van der Waals surface area contributed by atoms with Crippen molar-refractivity contribution in [2.45, 2.75) is 82.1 Å². The van der Waals surface area contributed by atoms with Gasteiger partial charge in [0.1, 0.15) is 0 Å². The highest BCUT2D eigenvalue weighted by Gasteiger charge is 2.37. The first kappa shape index (κ1) is 13.1. The fourth-order valence-electron chi connectivity index (χ4n) is 3.54. The summed E-state index contributed by atoms with van der Waals surface area (Å²) in [5.74, 6) is 2.08. The molecule has 0 saturated heterocycles. The highest BCUT2D eigenvalue weighted by molar-refractivity contribution is 5.06. The van der Waals surface area contributed by atoms with Gasteiger partial charge in [0.05, 0.1) is 5.54 Å². The van der Waals surface area contributed by atoms with Crippen molar-refractivity contribution in [1.29, 1.82) is 0 Å². The molecular formula is C15H25N3O. The van der Waals surface area contributed by atoms with Crippen molar-refractivity contribution in [3.05, 3.63) is 11.7 Å². The zero-order valence-corrected chi connectivity index (χ0v) is 11.7. The summed E-state index contributed by atoms with van der Waals surface area (Å²) < 4.78 is 5.49. The Kier molecular flexibility index (Phi) is 3.87. The highest BCUT2D eigenvalue weighted by atomic mass is 16.5. The Morgan fingerprint density at radius 2 is 1.58 bits per heavy atom. The van der Waals surface area contributed by atoms with E-state index in [1.54, 1.807) is 0 Å². The first-order valence-corrected chi connectivity index (χ1v) is 7.91. The maximum Gasteiger partial charge on any atom is 0.246 e. The second-order valence-corrected chi connectivity index (χ2v) is 6.36. The van der Waals surface area contributed by atoms with Crippen molar-refractivity contribution in [3.63, 3.8) is 0 Å². The summed E-state index contributed by atoms with van der Waals surface area (Å²) in [6, 6.07) is 0. The molecule has 0 amide bonds. The summed E-state index contributed by atoms with van der Waals surface area (Å²) in [5, 5.41) is 4.24. The molecule has 2 aliphatic rings. The van der Waals surface area contributed by atoms with Gasteiger partial charge in [0.2, 0.25) is 5.89 Å². The third kappa shape index (κ3) is 2.83. The lowest BCUT2D eigenvalue weighted by atomic mass is 9.90. The van der Waals surface area contributed by atoms with E-state index < -0.39 is 0 Å². The monoisotopic (exact) mass is 263 g/mol. The van der Waals surface area contributed by atoms with Crippen LogP contribution in [0.1, 0.15) is 88.3 Å². The summed E-state index contributed by atoms with van der Waals surface area (Å²) in [4.78, 5) is 4.66. The molecule has 2 fully saturated rings. The summed E-state index contributed by atoms with van der Waals surface area (Å²) >= 11 is 0. The molecule has 1 aromatic heterocycles. The van der Waals surface area contributed by atoms with Crippen LogP contribution in [0.5, 0.6) is 0 Å². The molecule has 3 rings (SSSR count). The summed E-state index contributed by atoms with van der Waals surface area (Å²) in [7, 11) is 0. The maximum absolute atomic E-state index is 6.38. The Bertz CT molecular complexity index is 401. The Morgan fingerprint density at radius 1 is 0.947 bits per heavy atom. The first-order chi connectivity index (χ1) is 9.28. The Hall–Kier alpha value is -0.900. The SMILES string of the molecule is NC1(c2nc(C3CCCCCCC3)no2)CCCC1. The van der Waals surface area contributed by atoms with E-state index in [9.17, 15) is 0 Å². The molecule has 0 bridgehead atoms. The number of hydrogen-bond donors (Lipinski definition) is 1. The van der Waals surface area contributed by atoms with Crippen molar-refractivity contribution < 1.29 is 4.52 Å². The Labute approximate surface area is 115 Å². The zero-order valence-electron chi connectivity index (χ0n) is 11.7. The van der Waals surface area contributed by atoms with Gasteiger partial charge in [0.15, 0.2) is 5.82 Å². The summed E-state index contributed by atoms with van der Waals surface area (Å²) in [6.45, 7) is 0. The molecular weight excluding hydrogens is 238 g/mol. The van der Waals surface area contributed by atoms with E-state index >= 15 is 0 Å². The van der Waals surface area contributed by atoms with Gasteiger partial charge in [0.25, 0.3) is 0 Å². The normalized spacial score (nSPS) is 25.1. The van der Waals surface area contributed by atoms with Gasteiger partial charge in [-0.05, 0) is 25.7 Å². The molecule has 1 aromatic rings. The second-order valence-electron chi connectivity index (χ2n) is 6.36. The summed E-state index contributed by atoms with van der Waals surface area (Å²) in [6.07, 6.45) is 13.4. The predicted molar refractivity (Wildman–Crippen MR) is 73.7 cm³/mol. The highest BCUT2D eigenvalue weighted by Crippen LogP contribution is 2.36. The van der Waals surface area contributed by atoms with Crippen molar-refractivity contribution in [1.82, 2.24) is 10.1 Å². The topological polar surface area (TPSA) is 64.9 Å². The molecule has 2 N–H and O–H groups in total. The maximum atomic E-state index is 6.38. The van der Waals surface area contributed by atoms with Crippen LogP contribution in [0.4, 0.5) is 0 Å². The lowest BCUT2D eigenvalue weighted by Crippen LogP contribution is -2.33. The minimum absolute atomic E-state index is 0.340. The standard InChI is InChI=1S/C15H25N3O/c16-15(10-6-7-11-15)14-17-13(18-19-14)12-8-4-2-1-3-5-9-12/h12H,1-11,16H2. The molecule has 0 aromatic carbocycles. The molecule has 0 atom stereocenters. The molecule has 0 spiro atoms. The van der Waals surface area contributed by atoms with Crippen molar-refractivity contribution >= 4 is 0 Å². The number of aromatic nitrogens is 2. The molecule has 0 radical (unpaired) electrons. The molecule has 106 valence electrons. The van der Waals surface area contributed by atoms with Gasteiger partial charge >= 0.3 is 0 Å². The van der Waals surface area contributed by atoms with Crippen LogP contribution in [-0.2, 0) is 5.54 Å². The third-order valence-electron chi connectivity index (χ3n) is 4.83. The third-order valence-corrected chi connectivity index (χ3v) is 4.83. The van der Waals surface area contributed by atoms with Crippen LogP contribution in [0.2, 0.25) is 0 Å². The molecule has 4 heteroatoms. The lowest BCUT2D eigenvalue weighted by molar-refractivity contribution is 0.282. The molecule has 0 aliphatic heterocycles. The molecule has 0 unspecified atom stereocenters. The average Bonchev–Trinajstić information content (AvgIpc) is 2.98. The molecule has 19 heavy (non-hydrogen) atoms.